The normalized spacial score (nSPS) is 11.0. The highest BCUT2D eigenvalue weighted by atomic mass is 16.5. The second-order valence-electron chi connectivity index (χ2n) is 4.90. The Balaban J connectivity index is 2.46. The maximum atomic E-state index is 12.6. The first-order chi connectivity index (χ1) is 11.0. The number of rotatable bonds is 4. The lowest BCUT2D eigenvalue weighted by Crippen LogP contribution is -2.06. The van der Waals surface area contributed by atoms with Gasteiger partial charge in [0.25, 0.3) is 0 Å². The molecule has 6 nitrogen and oxygen atoms in total. The summed E-state index contributed by atoms with van der Waals surface area (Å²) in [5.74, 6) is -1.00. The molecular weight excluding hydrogens is 294 g/mol. The summed E-state index contributed by atoms with van der Waals surface area (Å²) in [6.07, 6.45) is 4.62. The minimum atomic E-state index is -0.523. The van der Waals surface area contributed by atoms with Gasteiger partial charge in [0.1, 0.15) is 11.6 Å². The molecule has 2 aromatic rings. The number of aryl methyl sites for hydroxylation is 1. The smallest absolute Gasteiger partial charge is 0.339 e. The number of aromatic amines is 1. The van der Waals surface area contributed by atoms with E-state index in [9.17, 15) is 14.9 Å². The molecule has 6 heteroatoms. The molecule has 0 aliphatic heterocycles. The molecule has 0 amide bonds. The molecule has 0 unspecified atom stereocenters. The van der Waals surface area contributed by atoms with E-state index in [2.05, 4.69) is 9.97 Å². The molecule has 116 valence electrons. The number of ether oxygens (including phenoxy) is 1. The summed E-state index contributed by atoms with van der Waals surface area (Å²) in [6.45, 7) is 3.31. The first-order valence-electron chi connectivity index (χ1n) is 6.83. The van der Waals surface area contributed by atoms with Crippen molar-refractivity contribution in [2.45, 2.75) is 13.8 Å². The van der Waals surface area contributed by atoms with E-state index >= 15 is 0 Å². The second kappa shape index (κ2) is 6.71. The van der Waals surface area contributed by atoms with Gasteiger partial charge in [0.15, 0.2) is 0 Å². The number of esters is 1. The van der Waals surface area contributed by atoms with Crippen molar-refractivity contribution in [2.24, 2.45) is 0 Å². The highest BCUT2D eigenvalue weighted by Gasteiger charge is 2.24. The Morgan fingerprint density at radius 2 is 2.13 bits per heavy atom. The number of nitrogens with one attached hydrogen (secondary N) is 1. The highest BCUT2D eigenvalue weighted by Crippen LogP contribution is 2.22. The third-order valence-electron chi connectivity index (χ3n) is 3.41. The minimum absolute atomic E-state index is 0.0428. The van der Waals surface area contributed by atoms with Crippen LogP contribution < -0.4 is 0 Å². The number of hydrogen-bond acceptors (Lipinski definition) is 5. The zero-order chi connectivity index (χ0) is 17.0. The third kappa shape index (κ3) is 3.19. The topological polar surface area (TPSA) is 95.8 Å². The summed E-state index contributed by atoms with van der Waals surface area (Å²) in [5, 5.41) is 9.28. The van der Waals surface area contributed by atoms with Crippen LogP contribution in [0.4, 0.5) is 0 Å². The standard InChI is InChI=1S/C17H15N3O3/c1-10-14(17(22)23-3)11(2)20-15(10)16(21)13(8-18)7-12-5-4-6-19-9-12/h4-7,9,20H,1-3H3. The number of nitrogens with zero attached hydrogens (tertiary/aromatic N) is 2. The fraction of sp³-hybridized carbons (Fsp3) is 0.176. The van der Waals surface area contributed by atoms with Gasteiger partial charge in [0.2, 0.25) is 5.78 Å². The average molecular weight is 309 g/mol. The minimum Gasteiger partial charge on any atom is -0.465 e. The quantitative estimate of drug-likeness (QED) is 0.405. The first-order valence-corrected chi connectivity index (χ1v) is 6.83. The summed E-state index contributed by atoms with van der Waals surface area (Å²) in [4.78, 5) is 31.2. The van der Waals surface area contributed by atoms with Gasteiger partial charge >= 0.3 is 5.97 Å². The summed E-state index contributed by atoms with van der Waals surface area (Å²) in [6, 6.07) is 5.35. The van der Waals surface area contributed by atoms with Gasteiger partial charge in [-0.15, -0.1) is 0 Å². The number of hydrogen-bond donors (Lipinski definition) is 1. The molecule has 1 N–H and O–H groups in total. The van der Waals surface area contributed by atoms with Gasteiger partial charge < -0.3 is 9.72 Å². The summed E-state index contributed by atoms with van der Waals surface area (Å²) in [5.41, 5.74) is 2.11. The first kappa shape index (κ1) is 16.2. The van der Waals surface area contributed by atoms with Crippen LogP contribution >= 0.6 is 0 Å². The number of allylic oxidation sites excluding steroid dienone is 1. The number of carbonyl (C=O) groups is 2. The lowest BCUT2D eigenvalue weighted by Gasteiger charge is -2.01. The van der Waals surface area contributed by atoms with Gasteiger partial charge in [-0.05, 0) is 37.1 Å². The number of aromatic nitrogens is 2. The molecule has 0 radical (unpaired) electrons. The number of ketones is 1. The average Bonchev–Trinajstić information content (AvgIpc) is 2.87. The number of methoxy groups -OCH3 is 1. The predicted octanol–water partition coefficient (Wildman–Crippen LogP) is 2.60. The Morgan fingerprint density at radius 3 is 2.70 bits per heavy atom. The van der Waals surface area contributed by atoms with Crippen molar-refractivity contribution in [3.05, 3.63) is 58.2 Å². The van der Waals surface area contributed by atoms with Crippen LogP contribution in [-0.2, 0) is 4.74 Å². The number of Topliss-reactive ketones (excluding diaryl/α,β-unsaturated/α-hetero) is 1. The molecule has 0 spiro atoms. The Morgan fingerprint density at radius 1 is 1.39 bits per heavy atom. The van der Waals surface area contributed by atoms with Crippen LogP contribution in [0.25, 0.3) is 6.08 Å². The van der Waals surface area contributed by atoms with Gasteiger partial charge in [-0.25, -0.2) is 4.79 Å². The molecule has 0 aliphatic carbocycles. The van der Waals surface area contributed by atoms with Gasteiger partial charge in [-0.2, -0.15) is 5.26 Å². The van der Waals surface area contributed by atoms with Crippen LogP contribution in [0.5, 0.6) is 0 Å². The van der Waals surface area contributed by atoms with E-state index in [1.165, 1.54) is 13.2 Å². The van der Waals surface area contributed by atoms with Crippen molar-refractivity contribution in [2.75, 3.05) is 7.11 Å². The van der Waals surface area contributed by atoms with Crippen LogP contribution in [0, 0.1) is 25.2 Å². The van der Waals surface area contributed by atoms with Crippen LogP contribution in [0.1, 0.15) is 37.7 Å². The van der Waals surface area contributed by atoms with Crippen LogP contribution in [0.2, 0.25) is 0 Å². The molecular formula is C17H15N3O3. The fourth-order valence-corrected chi connectivity index (χ4v) is 2.30. The molecule has 2 heterocycles. The molecule has 0 saturated carbocycles. The van der Waals surface area contributed by atoms with Crippen LogP contribution in [0.15, 0.2) is 30.1 Å². The molecule has 0 aromatic carbocycles. The van der Waals surface area contributed by atoms with Gasteiger partial charge in [0, 0.05) is 18.1 Å². The van der Waals surface area contributed by atoms with Crippen molar-refractivity contribution < 1.29 is 14.3 Å². The zero-order valence-electron chi connectivity index (χ0n) is 13.0. The van der Waals surface area contributed by atoms with Gasteiger partial charge in [0.05, 0.1) is 18.4 Å². The van der Waals surface area contributed by atoms with E-state index in [-0.39, 0.29) is 11.3 Å². The molecule has 2 aromatic heterocycles. The van der Waals surface area contributed by atoms with Crippen LogP contribution in [-0.4, -0.2) is 28.8 Å². The third-order valence-corrected chi connectivity index (χ3v) is 3.41. The van der Waals surface area contributed by atoms with Crippen molar-refractivity contribution in [1.82, 2.24) is 9.97 Å². The number of pyridine rings is 1. The molecule has 0 fully saturated rings. The molecule has 2 rings (SSSR count). The Labute approximate surface area is 133 Å². The lowest BCUT2D eigenvalue weighted by molar-refractivity contribution is 0.0599. The second-order valence-corrected chi connectivity index (χ2v) is 4.90. The van der Waals surface area contributed by atoms with Crippen LogP contribution in [0.3, 0.4) is 0 Å². The lowest BCUT2D eigenvalue weighted by atomic mass is 10.0. The summed E-state index contributed by atoms with van der Waals surface area (Å²) < 4.78 is 4.72. The largest absolute Gasteiger partial charge is 0.465 e. The molecule has 23 heavy (non-hydrogen) atoms. The van der Waals surface area contributed by atoms with Crippen molar-refractivity contribution in [3.63, 3.8) is 0 Å². The number of H-pyrrole nitrogens is 1. The summed E-state index contributed by atoms with van der Waals surface area (Å²) >= 11 is 0. The fourth-order valence-electron chi connectivity index (χ4n) is 2.30. The van der Waals surface area contributed by atoms with E-state index in [1.54, 1.807) is 38.4 Å². The van der Waals surface area contributed by atoms with E-state index < -0.39 is 11.8 Å². The Bertz CT molecular complexity index is 827. The molecule has 0 aliphatic rings. The maximum absolute atomic E-state index is 12.6. The molecule has 0 bridgehead atoms. The summed E-state index contributed by atoms with van der Waals surface area (Å²) in [7, 11) is 1.28. The van der Waals surface area contributed by atoms with E-state index in [0.29, 0.717) is 22.4 Å². The predicted molar refractivity (Wildman–Crippen MR) is 83.8 cm³/mol. The number of carbonyl (C=O) groups excluding carboxylic acids is 2. The number of nitriles is 1. The maximum Gasteiger partial charge on any atom is 0.339 e. The Kier molecular flexibility index (Phi) is 4.72. The monoisotopic (exact) mass is 309 g/mol. The molecule has 0 saturated heterocycles. The van der Waals surface area contributed by atoms with E-state index in [4.69, 9.17) is 4.74 Å². The van der Waals surface area contributed by atoms with Crippen molar-refractivity contribution >= 4 is 17.8 Å². The van der Waals surface area contributed by atoms with Gasteiger partial charge in [-0.1, -0.05) is 6.07 Å². The SMILES string of the molecule is COC(=O)c1c(C)[nH]c(C(=O)C(C#N)=Cc2cccnc2)c1C. The van der Waals surface area contributed by atoms with Crippen molar-refractivity contribution in [1.29, 1.82) is 5.26 Å². The van der Waals surface area contributed by atoms with Crippen molar-refractivity contribution in [3.8, 4) is 6.07 Å². The van der Waals surface area contributed by atoms with Gasteiger partial charge in [-0.3, -0.25) is 9.78 Å². The zero-order valence-corrected chi connectivity index (χ0v) is 13.0. The highest BCUT2D eigenvalue weighted by molar-refractivity contribution is 6.15. The van der Waals surface area contributed by atoms with E-state index in [0.717, 1.165) is 0 Å². The Hall–Kier alpha value is -3.20. The van der Waals surface area contributed by atoms with E-state index in [1.807, 2.05) is 6.07 Å². The molecule has 0 atom stereocenters.